The molecule has 1 fully saturated rings. The first-order valence-corrected chi connectivity index (χ1v) is 5.28. The molecule has 0 aliphatic heterocycles. The van der Waals surface area contributed by atoms with Crippen molar-refractivity contribution in [2.24, 2.45) is 0 Å². The van der Waals surface area contributed by atoms with Gasteiger partial charge in [-0.3, -0.25) is 4.98 Å². The van der Waals surface area contributed by atoms with Gasteiger partial charge in [-0.05, 0) is 18.9 Å². The van der Waals surface area contributed by atoms with Gasteiger partial charge >= 0.3 is 0 Å². The van der Waals surface area contributed by atoms with E-state index in [0.29, 0.717) is 11.6 Å². The van der Waals surface area contributed by atoms with Crippen LogP contribution in [0.1, 0.15) is 43.7 Å². The van der Waals surface area contributed by atoms with E-state index in [0.717, 1.165) is 11.4 Å². The zero-order valence-corrected chi connectivity index (χ0v) is 8.37. The number of pyridine rings is 1. The third-order valence-electron chi connectivity index (χ3n) is 2.96. The Morgan fingerprint density at radius 3 is 2.50 bits per heavy atom. The molecule has 4 N–H and O–H groups in total. The molecule has 0 radical (unpaired) electrons. The summed E-state index contributed by atoms with van der Waals surface area (Å²) in [5.74, 6) is 0.560. The van der Waals surface area contributed by atoms with E-state index in [2.05, 4.69) is 4.98 Å². The Hall–Kier alpha value is -1.25. The summed E-state index contributed by atoms with van der Waals surface area (Å²) in [6, 6.07) is 1.82. The van der Waals surface area contributed by atoms with Crippen molar-refractivity contribution in [3.8, 4) is 0 Å². The molecule has 2 rings (SSSR count). The largest absolute Gasteiger partial charge is 0.397 e. The van der Waals surface area contributed by atoms with E-state index in [1.54, 1.807) is 6.20 Å². The summed E-state index contributed by atoms with van der Waals surface area (Å²) >= 11 is 0. The van der Waals surface area contributed by atoms with Crippen molar-refractivity contribution >= 4 is 11.4 Å². The molecule has 14 heavy (non-hydrogen) atoms. The fourth-order valence-electron chi connectivity index (χ4n) is 2.23. The molecule has 0 unspecified atom stereocenters. The summed E-state index contributed by atoms with van der Waals surface area (Å²) in [4.78, 5) is 4.35. The van der Waals surface area contributed by atoms with Gasteiger partial charge in [0.1, 0.15) is 0 Å². The predicted molar refractivity (Wildman–Crippen MR) is 58.9 cm³/mol. The van der Waals surface area contributed by atoms with Crippen LogP contribution in [-0.2, 0) is 0 Å². The van der Waals surface area contributed by atoms with Gasteiger partial charge in [-0.1, -0.05) is 19.3 Å². The highest BCUT2D eigenvalue weighted by Gasteiger charge is 2.18. The van der Waals surface area contributed by atoms with Crippen molar-refractivity contribution in [3.05, 3.63) is 18.0 Å². The average Bonchev–Trinajstić information content (AvgIpc) is 2.19. The molecule has 0 saturated heterocycles. The fourth-order valence-corrected chi connectivity index (χ4v) is 2.23. The van der Waals surface area contributed by atoms with Gasteiger partial charge in [0.15, 0.2) is 0 Å². The van der Waals surface area contributed by atoms with Gasteiger partial charge in [0.05, 0.1) is 23.3 Å². The van der Waals surface area contributed by atoms with E-state index in [-0.39, 0.29) is 0 Å². The van der Waals surface area contributed by atoms with E-state index in [1.807, 2.05) is 6.07 Å². The smallest absolute Gasteiger partial charge is 0.0665 e. The second-order valence-electron chi connectivity index (χ2n) is 4.08. The summed E-state index contributed by atoms with van der Waals surface area (Å²) < 4.78 is 0. The van der Waals surface area contributed by atoms with Gasteiger partial charge in [-0.15, -0.1) is 0 Å². The summed E-state index contributed by atoms with van der Waals surface area (Å²) in [6.45, 7) is 0. The zero-order valence-electron chi connectivity index (χ0n) is 8.37. The Bertz CT molecular complexity index is 316. The summed E-state index contributed by atoms with van der Waals surface area (Å²) in [5, 5.41) is 0. The third kappa shape index (κ3) is 1.81. The molecule has 76 valence electrons. The van der Waals surface area contributed by atoms with Crippen molar-refractivity contribution in [1.82, 2.24) is 4.98 Å². The SMILES string of the molecule is Nc1cnc(C2CCCCC2)c(N)c1. The molecule has 1 aliphatic carbocycles. The Morgan fingerprint density at radius 1 is 1.14 bits per heavy atom. The lowest BCUT2D eigenvalue weighted by molar-refractivity contribution is 0.438. The lowest BCUT2D eigenvalue weighted by Gasteiger charge is -2.22. The van der Waals surface area contributed by atoms with Crippen LogP contribution in [-0.4, -0.2) is 4.98 Å². The number of nitrogens with two attached hydrogens (primary N) is 2. The molecule has 0 amide bonds. The first kappa shape index (κ1) is 9.31. The van der Waals surface area contributed by atoms with E-state index in [9.17, 15) is 0 Å². The highest BCUT2D eigenvalue weighted by Crippen LogP contribution is 2.34. The maximum absolute atomic E-state index is 5.91. The highest BCUT2D eigenvalue weighted by atomic mass is 14.8. The monoisotopic (exact) mass is 191 g/mol. The van der Waals surface area contributed by atoms with Crippen LogP contribution in [0.25, 0.3) is 0 Å². The van der Waals surface area contributed by atoms with E-state index >= 15 is 0 Å². The van der Waals surface area contributed by atoms with Crippen LogP contribution in [0.3, 0.4) is 0 Å². The molecule has 0 spiro atoms. The molecule has 1 saturated carbocycles. The van der Waals surface area contributed by atoms with Crippen LogP contribution in [0.5, 0.6) is 0 Å². The normalized spacial score (nSPS) is 18.3. The molecular formula is C11H17N3. The molecule has 1 heterocycles. The van der Waals surface area contributed by atoms with Crippen LogP contribution < -0.4 is 11.5 Å². The van der Waals surface area contributed by atoms with Crippen molar-refractivity contribution < 1.29 is 0 Å². The lowest BCUT2D eigenvalue weighted by atomic mass is 9.86. The van der Waals surface area contributed by atoms with Crippen LogP contribution >= 0.6 is 0 Å². The Morgan fingerprint density at radius 2 is 1.86 bits per heavy atom. The zero-order chi connectivity index (χ0) is 9.97. The van der Waals surface area contributed by atoms with Crippen LogP contribution in [0.15, 0.2) is 12.3 Å². The van der Waals surface area contributed by atoms with Crippen LogP contribution in [0.4, 0.5) is 11.4 Å². The molecule has 1 aromatic heterocycles. The first-order valence-electron chi connectivity index (χ1n) is 5.28. The number of nitrogen functional groups attached to an aromatic ring is 2. The molecule has 3 heteroatoms. The summed E-state index contributed by atoms with van der Waals surface area (Å²) in [6.07, 6.45) is 8.11. The van der Waals surface area contributed by atoms with Crippen LogP contribution in [0, 0.1) is 0 Å². The number of anilines is 2. The fraction of sp³-hybridized carbons (Fsp3) is 0.545. The standard InChI is InChI=1S/C11H17N3/c12-9-6-10(13)11(14-7-9)8-4-2-1-3-5-8/h6-8H,1-5,12-13H2. The topological polar surface area (TPSA) is 64.9 Å². The molecule has 0 aromatic carbocycles. The molecule has 3 nitrogen and oxygen atoms in total. The van der Waals surface area contributed by atoms with Gasteiger partial charge in [0.2, 0.25) is 0 Å². The Labute approximate surface area is 84.5 Å². The average molecular weight is 191 g/mol. The quantitative estimate of drug-likeness (QED) is 0.715. The van der Waals surface area contributed by atoms with Gasteiger partial charge in [-0.2, -0.15) is 0 Å². The molecule has 0 bridgehead atoms. The lowest BCUT2D eigenvalue weighted by Crippen LogP contribution is -2.09. The summed E-state index contributed by atoms with van der Waals surface area (Å²) in [5.41, 5.74) is 14.0. The van der Waals surface area contributed by atoms with Crippen molar-refractivity contribution in [3.63, 3.8) is 0 Å². The van der Waals surface area contributed by atoms with E-state index in [1.165, 1.54) is 32.1 Å². The molecular weight excluding hydrogens is 174 g/mol. The number of aromatic nitrogens is 1. The van der Waals surface area contributed by atoms with Crippen LogP contribution in [0.2, 0.25) is 0 Å². The van der Waals surface area contributed by atoms with Crippen molar-refractivity contribution in [1.29, 1.82) is 0 Å². The minimum absolute atomic E-state index is 0.560. The number of rotatable bonds is 1. The number of hydrogen-bond donors (Lipinski definition) is 2. The van der Waals surface area contributed by atoms with Gasteiger partial charge in [0, 0.05) is 5.92 Å². The first-order chi connectivity index (χ1) is 6.77. The minimum Gasteiger partial charge on any atom is -0.397 e. The second kappa shape index (κ2) is 3.86. The van der Waals surface area contributed by atoms with Gasteiger partial charge in [0.25, 0.3) is 0 Å². The molecule has 1 aliphatic rings. The number of hydrogen-bond acceptors (Lipinski definition) is 3. The van der Waals surface area contributed by atoms with Gasteiger partial charge in [-0.25, -0.2) is 0 Å². The second-order valence-corrected chi connectivity index (χ2v) is 4.08. The predicted octanol–water partition coefficient (Wildman–Crippen LogP) is 2.29. The summed E-state index contributed by atoms with van der Waals surface area (Å²) in [7, 11) is 0. The number of nitrogens with zero attached hydrogens (tertiary/aromatic N) is 1. The van der Waals surface area contributed by atoms with E-state index in [4.69, 9.17) is 11.5 Å². The highest BCUT2D eigenvalue weighted by molar-refractivity contribution is 5.53. The van der Waals surface area contributed by atoms with Crippen molar-refractivity contribution in [2.75, 3.05) is 11.5 Å². The molecule has 1 aromatic rings. The maximum Gasteiger partial charge on any atom is 0.0665 e. The minimum atomic E-state index is 0.560. The van der Waals surface area contributed by atoms with Crippen molar-refractivity contribution in [2.45, 2.75) is 38.0 Å². The van der Waals surface area contributed by atoms with E-state index < -0.39 is 0 Å². The Balaban J connectivity index is 2.22. The maximum atomic E-state index is 5.91. The third-order valence-corrected chi connectivity index (χ3v) is 2.96. The molecule has 0 atom stereocenters. The van der Waals surface area contributed by atoms with Gasteiger partial charge < -0.3 is 11.5 Å². The Kier molecular flexibility index (Phi) is 2.57.